The molecule has 3 rings (SSSR count). The summed E-state index contributed by atoms with van der Waals surface area (Å²) in [4.78, 5) is 46.7. The molecule has 0 radical (unpaired) electrons. The van der Waals surface area contributed by atoms with Gasteiger partial charge in [0.1, 0.15) is 5.92 Å². The summed E-state index contributed by atoms with van der Waals surface area (Å²) in [5, 5.41) is 7.95. The molecular weight excluding hydrogens is 348 g/mol. The van der Waals surface area contributed by atoms with Crippen molar-refractivity contribution < 1.29 is 19.2 Å². The van der Waals surface area contributed by atoms with Crippen LogP contribution in [0.2, 0.25) is 0 Å². The number of amides is 5. The van der Waals surface area contributed by atoms with Crippen LogP contribution in [-0.2, 0) is 20.9 Å². The number of nitrogens with one attached hydrogen (secondary N) is 3. The summed E-state index contributed by atoms with van der Waals surface area (Å²) < 4.78 is 2.22. The van der Waals surface area contributed by atoms with Gasteiger partial charge in [0, 0.05) is 35.2 Å². The lowest BCUT2D eigenvalue weighted by molar-refractivity contribution is -0.136. The predicted octanol–water partition coefficient (Wildman–Crippen LogP) is 1.98. The van der Waals surface area contributed by atoms with Gasteiger partial charge < -0.3 is 9.88 Å². The molecule has 27 heavy (non-hydrogen) atoms. The molecule has 0 bridgehead atoms. The number of aromatic nitrogens is 1. The maximum absolute atomic E-state index is 12.2. The van der Waals surface area contributed by atoms with Crippen LogP contribution >= 0.6 is 0 Å². The van der Waals surface area contributed by atoms with E-state index in [-0.39, 0.29) is 18.7 Å². The van der Waals surface area contributed by atoms with Crippen LogP contribution in [0.3, 0.4) is 0 Å². The quantitative estimate of drug-likeness (QED) is 0.699. The molecule has 3 N–H and O–H groups in total. The van der Waals surface area contributed by atoms with Crippen molar-refractivity contribution in [3.8, 4) is 0 Å². The van der Waals surface area contributed by atoms with Gasteiger partial charge in [-0.1, -0.05) is 0 Å². The largest absolute Gasteiger partial charge is 0.345 e. The van der Waals surface area contributed by atoms with E-state index in [0.29, 0.717) is 5.69 Å². The summed E-state index contributed by atoms with van der Waals surface area (Å²) in [6.45, 7) is 7.09. The third kappa shape index (κ3) is 3.55. The highest BCUT2D eigenvalue weighted by Gasteiger charge is 2.34. The first kappa shape index (κ1) is 18.6. The molecule has 2 heterocycles. The molecule has 0 aliphatic carbocycles. The molecule has 2 aromatic rings. The number of urea groups is 1. The number of carbonyl (C=O) groups excluding carboxylic acids is 4. The molecule has 8 heteroatoms. The molecule has 0 saturated carbocycles. The lowest BCUT2D eigenvalue weighted by atomic mass is 9.99. The van der Waals surface area contributed by atoms with E-state index in [9.17, 15) is 19.2 Å². The van der Waals surface area contributed by atoms with Crippen LogP contribution in [0.25, 0.3) is 10.9 Å². The number of benzene rings is 1. The summed E-state index contributed by atoms with van der Waals surface area (Å²) in [6.07, 6.45) is 0.0229. The number of rotatable bonds is 5. The number of hydrogen-bond acceptors (Lipinski definition) is 4. The average molecular weight is 370 g/mol. The zero-order valence-electron chi connectivity index (χ0n) is 15.5. The fourth-order valence-corrected chi connectivity index (χ4v) is 3.44. The molecule has 0 atom stereocenters. The maximum atomic E-state index is 12.2. The van der Waals surface area contributed by atoms with Crippen LogP contribution in [0, 0.1) is 19.8 Å². The van der Waals surface area contributed by atoms with E-state index >= 15 is 0 Å². The lowest BCUT2D eigenvalue weighted by Gasteiger charge is -2.20. The van der Waals surface area contributed by atoms with Gasteiger partial charge in [0.2, 0.25) is 17.7 Å². The highest BCUT2D eigenvalue weighted by molar-refractivity contribution is 6.16. The number of nitrogens with zero attached hydrogens (tertiary/aromatic N) is 1. The second-order valence-corrected chi connectivity index (χ2v) is 6.63. The predicted molar refractivity (Wildman–Crippen MR) is 100 cm³/mol. The van der Waals surface area contributed by atoms with Gasteiger partial charge in [-0.2, -0.15) is 0 Å². The first-order valence-corrected chi connectivity index (χ1v) is 8.86. The number of aryl methyl sites for hydroxylation is 2. The Kier molecular flexibility index (Phi) is 4.98. The molecule has 1 aliphatic rings. The topological polar surface area (TPSA) is 109 Å². The SMILES string of the molecule is CCn1c(C)c(C)c2cc(NC(=O)CCC3C(=O)NC(=O)NC3=O)ccc21. The minimum atomic E-state index is -1.04. The highest BCUT2D eigenvalue weighted by atomic mass is 16.2. The summed E-state index contributed by atoms with van der Waals surface area (Å²) in [7, 11) is 0. The summed E-state index contributed by atoms with van der Waals surface area (Å²) in [5.74, 6) is -2.69. The Morgan fingerprint density at radius 3 is 2.44 bits per heavy atom. The van der Waals surface area contributed by atoms with E-state index < -0.39 is 23.8 Å². The van der Waals surface area contributed by atoms with Crippen molar-refractivity contribution in [3.05, 3.63) is 29.5 Å². The lowest BCUT2D eigenvalue weighted by Crippen LogP contribution is -2.55. The van der Waals surface area contributed by atoms with E-state index in [4.69, 9.17) is 0 Å². The Hall–Kier alpha value is -3.16. The Balaban J connectivity index is 1.67. The molecule has 1 aromatic carbocycles. The molecule has 1 aliphatic heterocycles. The average Bonchev–Trinajstić information content (AvgIpc) is 2.84. The van der Waals surface area contributed by atoms with E-state index in [1.807, 2.05) is 28.8 Å². The van der Waals surface area contributed by atoms with Gasteiger partial charge in [-0.05, 0) is 51.0 Å². The fraction of sp³-hybridized carbons (Fsp3) is 0.368. The Morgan fingerprint density at radius 2 is 1.81 bits per heavy atom. The number of anilines is 1. The Morgan fingerprint density at radius 1 is 1.15 bits per heavy atom. The van der Waals surface area contributed by atoms with E-state index in [0.717, 1.165) is 17.4 Å². The first-order chi connectivity index (χ1) is 12.8. The van der Waals surface area contributed by atoms with Crippen LogP contribution in [-0.4, -0.2) is 28.3 Å². The second-order valence-electron chi connectivity index (χ2n) is 6.63. The number of carbonyl (C=O) groups is 4. The molecule has 5 amide bonds. The smallest absolute Gasteiger partial charge is 0.328 e. The van der Waals surface area contributed by atoms with Crippen molar-refractivity contribution in [2.75, 3.05) is 5.32 Å². The molecule has 0 spiro atoms. The molecular formula is C19H22N4O4. The third-order valence-corrected chi connectivity index (χ3v) is 5.01. The second kappa shape index (κ2) is 7.22. The van der Waals surface area contributed by atoms with Gasteiger partial charge in [0.05, 0.1) is 0 Å². The summed E-state index contributed by atoms with van der Waals surface area (Å²) in [6, 6.07) is 4.91. The van der Waals surface area contributed by atoms with Gasteiger partial charge in [-0.15, -0.1) is 0 Å². The van der Waals surface area contributed by atoms with Crippen LogP contribution in [0.15, 0.2) is 18.2 Å². The van der Waals surface area contributed by atoms with Crippen molar-refractivity contribution in [3.63, 3.8) is 0 Å². The Bertz CT molecular complexity index is 940. The minimum Gasteiger partial charge on any atom is -0.345 e. The van der Waals surface area contributed by atoms with Crippen LogP contribution in [0.5, 0.6) is 0 Å². The standard InChI is InChI=1S/C19H22N4O4/c1-4-23-11(3)10(2)14-9-12(5-7-15(14)23)20-16(24)8-6-13-17(25)21-19(27)22-18(13)26/h5,7,9,13H,4,6,8H2,1-3H3,(H,20,24)(H2,21,22,25,26,27). The van der Waals surface area contributed by atoms with Crippen molar-refractivity contribution in [2.24, 2.45) is 5.92 Å². The molecule has 8 nitrogen and oxygen atoms in total. The zero-order valence-corrected chi connectivity index (χ0v) is 15.5. The van der Waals surface area contributed by atoms with Gasteiger partial charge >= 0.3 is 6.03 Å². The van der Waals surface area contributed by atoms with Gasteiger partial charge in [-0.3, -0.25) is 25.0 Å². The first-order valence-electron chi connectivity index (χ1n) is 8.86. The monoisotopic (exact) mass is 370 g/mol. The van der Waals surface area contributed by atoms with Crippen LogP contribution in [0.1, 0.15) is 31.0 Å². The number of imide groups is 2. The number of fused-ring (bicyclic) bond motifs is 1. The van der Waals surface area contributed by atoms with E-state index in [1.165, 1.54) is 11.3 Å². The third-order valence-electron chi connectivity index (χ3n) is 5.01. The van der Waals surface area contributed by atoms with Crippen molar-refractivity contribution in [2.45, 2.75) is 40.2 Å². The normalized spacial score (nSPS) is 15.0. The van der Waals surface area contributed by atoms with Gasteiger partial charge in [0.25, 0.3) is 0 Å². The zero-order chi connectivity index (χ0) is 19.7. The van der Waals surface area contributed by atoms with Crippen LogP contribution in [0.4, 0.5) is 10.5 Å². The molecule has 1 saturated heterocycles. The highest BCUT2D eigenvalue weighted by Crippen LogP contribution is 2.28. The van der Waals surface area contributed by atoms with Crippen LogP contribution < -0.4 is 16.0 Å². The maximum Gasteiger partial charge on any atom is 0.328 e. The van der Waals surface area contributed by atoms with Gasteiger partial charge in [0.15, 0.2) is 0 Å². The minimum absolute atomic E-state index is 0.00822. The summed E-state index contributed by atoms with van der Waals surface area (Å²) >= 11 is 0. The molecule has 1 fully saturated rings. The van der Waals surface area contributed by atoms with Gasteiger partial charge in [-0.25, -0.2) is 4.79 Å². The number of hydrogen-bond donors (Lipinski definition) is 3. The van der Waals surface area contributed by atoms with E-state index in [1.54, 1.807) is 0 Å². The Labute approximate surface area is 156 Å². The molecule has 1 aromatic heterocycles. The van der Waals surface area contributed by atoms with Crippen molar-refractivity contribution in [1.29, 1.82) is 0 Å². The molecule has 0 unspecified atom stereocenters. The molecule has 142 valence electrons. The van der Waals surface area contributed by atoms with E-state index in [2.05, 4.69) is 30.7 Å². The fourth-order valence-electron chi connectivity index (χ4n) is 3.44. The van der Waals surface area contributed by atoms with Crippen molar-refractivity contribution >= 4 is 40.3 Å². The number of barbiturate groups is 1. The summed E-state index contributed by atoms with van der Waals surface area (Å²) in [5.41, 5.74) is 4.14. The van der Waals surface area contributed by atoms with Crippen molar-refractivity contribution in [1.82, 2.24) is 15.2 Å².